The minimum absolute atomic E-state index is 0. The standard InChI is InChI=1S/CH4N2O.Ca.HNO3.2NO3.H3N/c2-1(3)4;;3*2-1(3)4;/h(H4,2,3,4);;(H,2,3,4);;;1H3/q;+2;;2*-1;. The molecular formula is CH8CaN6O10. The van der Waals surface area contributed by atoms with Crippen molar-refractivity contribution in [3.63, 3.8) is 0 Å². The molecule has 0 unspecified atom stereocenters. The van der Waals surface area contributed by atoms with Crippen LogP contribution in [-0.2, 0) is 0 Å². The Morgan fingerprint density at radius 1 is 0.889 bits per heavy atom. The maximum Gasteiger partial charge on any atom is 2.00 e. The second-order valence-electron chi connectivity index (χ2n) is 1.09. The molecule has 0 aliphatic heterocycles. The van der Waals surface area contributed by atoms with Gasteiger partial charge in [-0.3, -0.25) is 0 Å². The Hall–Kier alpha value is -1.91. The van der Waals surface area contributed by atoms with Crippen molar-refractivity contribution in [2.24, 2.45) is 11.5 Å². The number of nitrogens with zero attached hydrogens (tertiary/aromatic N) is 3. The van der Waals surface area contributed by atoms with E-state index in [1.165, 1.54) is 0 Å². The van der Waals surface area contributed by atoms with Crippen molar-refractivity contribution in [2.75, 3.05) is 0 Å². The first kappa shape index (κ1) is 36.0. The summed E-state index contributed by atoms with van der Waals surface area (Å²) >= 11 is 0. The molecule has 0 bridgehead atoms. The summed E-state index contributed by atoms with van der Waals surface area (Å²) in [5, 5.41) is 43.1. The Morgan fingerprint density at radius 3 is 0.889 bits per heavy atom. The van der Waals surface area contributed by atoms with Gasteiger partial charge in [-0.05, 0) is 0 Å². The largest absolute Gasteiger partial charge is 2.00 e. The van der Waals surface area contributed by atoms with E-state index in [2.05, 4.69) is 11.5 Å². The van der Waals surface area contributed by atoms with Crippen LogP contribution < -0.4 is 17.6 Å². The fourth-order valence-corrected chi connectivity index (χ4v) is 0. The topological polar surface area (TPSA) is 300 Å². The summed E-state index contributed by atoms with van der Waals surface area (Å²) in [5.41, 5.74) is 8.50. The number of carbonyl (C=O) groups is 1. The quantitative estimate of drug-likeness (QED) is 0.215. The fraction of sp³-hybridized carbons (Fsp3) is 0. The molecule has 2 amide bonds. The van der Waals surface area contributed by atoms with Crippen molar-refractivity contribution in [3.8, 4) is 0 Å². The third kappa shape index (κ3) is 662. The molecule has 0 aliphatic rings. The normalized spacial score (nSPS) is 5.33. The van der Waals surface area contributed by atoms with Gasteiger partial charge in [0.2, 0.25) is 0 Å². The number of amides is 2. The molecule has 0 aliphatic carbocycles. The van der Waals surface area contributed by atoms with E-state index in [4.69, 9.17) is 50.8 Å². The van der Waals surface area contributed by atoms with Crippen molar-refractivity contribution in [1.82, 2.24) is 6.15 Å². The minimum atomic E-state index is -1.75. The van der Waals surface area contributed by atoms with Gasteiger partial charge in [0.1, 0.15) is 0 Å². The van der Waals surface area contributed by atoms with Crippen molar-refractivity contribution < 1.29 is 25.3 Å². The Kier molecular flexibility index (Phi) is 58.8. The van der Waals surface area contributed by atoms with E-state index in [9.17, 15) is 0 Å². The Bertz CT molecular complexity index is 166. The predicted molar refractivity (Wildman–Crippen MR) is 54.1 cm³/mol. The minimum Gasteiger partial charge on any atom is -0.356 e. The first-order valence-corrected chi connectivity index (χ1v) is 2.44. The van der Waals surface area contributed by atoms with Crippen LogP contribution in [0.5, 0.6) is 0 Å². The summed E-state index contributed by atoms with van der Waals surface area (Å²) in [5.74, 6) is 0. The summed E-state index contributed by atoms with van der Waals surface area (Å²) in [6.45, 7) is 0. The average molecular weight is 304 g/mol. The number of primary amides is 2. The van der Waals surface area contributed by atoms with Crippen LogP contribution in [0.15, 0.2) is 0 Å². The van der Waals surface area contributed by atoms with E-state index in [0.717, 1.165) is 0 Å². The van der Waals surface area contributed by atoms with E-state index >= 15 is 0 Å². The van der Waals surface area contributed by atoms with E-state index < -0.39 is 21.3 Å². The molecule has 0 radical (unpaired) electrons. The Morgan fingerprint density at radius 2 is 0.889 bits per heavy atom. The van der Waals surface area contributed by atoms with E-state index in [1.807, 2.05) is 0 Å². The number of urea groups is 1. The number of rotatable bonds is 0. The van der Waals surface area contributed by atoms with Crippen molar-refractivity contribution in [3.05, 3.63) is 40.8 Å². The Labute approximate surface area is 127 Å². The van der Waals surface area contributed by atoms with Gasteiger partial charge in [0, 0.05) is 0 Å². The molecule has 0 fully saturated rings. The van der Waals surface area contributed by atoms with Gasteiger partial charge in [-0.15, -0.1) is 10.1 Å². The average Bonchev–Trinajstić information content (AvgIpc) is 1.76. The molecule has 0 aromatic heterocycles. The summed E-state index contributed by atoms with van der Waals surface area (Å²) in [4.78, 5) is 33.9. The third-order valence-corrected chi connectivity index (χ3v) is 0. The number of carbonyl (C=O) groups excluding carboxylic acids is 1. The molecule has 0 aromatic rings. The van der Waals surface area contributed by atoms with Gasteiger partial charge in [0.05, 0.1) is 10.2 Å². The van der Waals surface area contributed by atoms with Gasteiger partial charge in [-0.2, -0.15) is 0 Å². The van der Waals surface area contributed by atoms with Gasteiger partial charge in [-0.1, -0.05) is 0 Å². The monoisotopic (exact) mass is 304 g/mol. The van der Waals surface area contributed by atoms with Crippen LogP contribution in [0, 0.1) is 40.8 Å². The van der Waals surface area contributed by atoms with Crippen molar-refractivity contribution >= 4 is 43.8 Å². The SMILES string of the molecule is N.NC(N)=O.O=[N+]([O-])O.O=[N+]([O-])[O-].O=[N+]([O-])[O-].[Ca+2]. The van der Waals surface area contributed by atoms with Crippen LogP contribution in [0.2, 0.25) is 0 Å². The van der Waals surface area contributed by atoms with Crippen LogP contribution in [0.4, 0.5) is 4.79 Å². The van der Waals surface area contributed by atoms with Gasteiger partial charge in [0.15, 0.2) is 0 Å². The van der Waals surface area contributed by atoms with Crippen LogP contribution in [0.1, 0.15) is 0 Å². The summed E-state index contributed by atoms with van der Waals surface area (Å²) in [6, 6.07) is -0.833. The first-order chi connectivity index (χ1) is 6.93. The molecule has 0 rings (SSSR count). The van der Waals surface area contributed by atoms with Gasteiger partial charge in [0.25, 0.3) is 5.09 Å². The molecule has 0 spiro atoms. The van der Waals surface area contributed by atoms with Gasteiger partial charge >= 0.3 is 43.8 Å². The second-order valence-corrected chi connectivity index (χ2v) is 1.09. The van der Waals surface area contributed by atoms with Crippen LogP contribution in [0.3, 0.4) is 0 Å². The summed E-state index contributed by atoms with van der Waals surface area (Å²) in [7, 11) is 0. The molecule has 0 heterocycles. The second kappa shape index (κ2) is 29.4. The van der Waals surface area contributed by atoms with Crippen LogP contribution in [0.25, 0.3) is 0 Å². The number of hydrogen-bond acceptors (Lipinski definition) is 10. The molecule has 17 heteroatoms. The van der Waals surface area contributed by atoms with E-state index in [1.54, 1.807) is 0 Å². The third-order valence-electron chi connectivity index (χ3n) is 0. The molecule has 18 heavy (non-hydrogen) atoms. The van der Waals surface area contributed by atoms with E-state index in [0.29, 0.717) is 0 Å². The molecule has 0 saturated heterocycles. The zero-order chi connectivity index (χ0) is 14.3. The van der Waals surface area contributed by atoms with Gasteiger partial charge in [-0.25, -0.2) is 4.79 Å². The van der Waals surface area contributed by atoms with E-state index in [-0.39, 0.29) is 43.9 Å². The van der Waals surface area contributed by atoms with Crippen LogP contribution in [-0.4, -0.2) is 64.2 Å². The Balaban J connectivity index is -0.0000000257. The molecule has 104 valence electrons. The predicted octanol–water partition coefficient (Wildman–Crippen LogP) is -2.02. The molecule has 16 nitrogen and oxygen atoms in total. The van der Waals surface area contributed by atoms with Crippen LogP contribution >= 0.6 is 0 Å². The summed E-state index contributed by atoms with van der Waals surface area (Å²) in [6.07, 6.45) is 0. The number of nitrogens with two attached hydrogens (primary N) is 2. The summed E-state index contributed by atoms with van der Waals surface area (Å²) < 4.78 is 0. The molecule has 0 saturated carbocycles. The van der Waals surface area contributed by atoms with Crippen molar-refractivity contribution in [1.29, 1.82) is 0 Å². The van der Waals surface area contributed by atoms with Gasteiger partial charge < -0.3 is 53.5 Å². The zero-order valence-corrected chi connectivity index (χ0v) is 10.7. The fourth-order valence-electron chi connectivity index (χ4n) is 0. The molecule has 0 atom stereocenters. The smallest absolute Gasteiger partial charge is 0.356 e. The molecule has 0 aromatic carbocycles. The maximum absolute atomic E-state index is 9.00. The molecule has 8 N–H and O–H groups in total. The first-order valence-electron chi connectivity index (χ1n) is 2.44. The zero-order valence-electron chi connectivity index (χ0n) is 8.53. The maximum atomic E-state index is 9.00. The molecular weight excluding hydrogens is 296 g/mol. The van der Waals surface area contributed by atoms with Crippen molar-refractivity contribution in [2.45, 2.75) is 0 Å². The number of hydrogen-bond donors (Lipinski definition) is 4.